The normalized spacial score (nSPS) is 4.57. The molecular weight excluding hydrogens is 364 g/mol. The number of pyridine rings is 2. The quantitative estimate of drug-likeness (QED) is 0.446. The van der Waals surface area contributed by atoms with Crippen molar-refractivity contribution in [3.63, 3.8) is 0 Å². The van der Waals surface area contributed by atoms with Crippen LogP contribution in [0.3, 0.4) is 0 Å². The third kappa shape index (κ3) is 45.3. The van der Waals surface area contributed by atoms with Crippen molar-refractivity contribution < 1.29 is 83.0 Å². The van der Waals surface area contributed by atoms with E-state index in [0.717, 1.165) is 0 Å². The summed E-state index contributed by atoms with van der Waals surface area (Å²) in [6.45, 7) is 0. The first-order valence-corrected chi connectivity index (χ1v) is 3.82. The predicted octanol–water partition coefficient (Wildman–Crippen LogP) is -3.48. The van der Waals surface area contributed by atoms with Gasteiger partial charge in [-0.05, 0) is 0 Å². The number of hydrogen-bond acceptors (Lipinski definition) is 2. The Bertz CT molecular complexity index is 211. The zero-order valence-corrected chi connectivity index (χ0v) is 13.5. The van der Waals surface area contributed by atoms with Gasteiger partial charge in [-0.25, -0.2) is 9.97 Å². The molecule has 128 valence electrons. The molecule has 14 N–H and O–H groups in total. The molecule has 0 saturated heterocycles. The second-order valence-electron chi connectivity index (χ2n) is 2.15. The summed E-state index contributed by atoms with van der Waals surface area (Å²) in [5, 5.41) is 0. The number of H-pyrrole nitrogens is 2. The summed E-state index contributed by atoms with van der Waals surface area (Å²) >= 11 is 0. The van der Waals surface area contributed by atoms with Gasteiger partial charge in [-0.15, -0.1) is 0 Å². The Labute approximate surface area is 144 Å². The van der Waals surface area contributed by atoms with E-state index in [2.05, 4.69) is 9.97 Å². The Kier molecular flexibility index (Phi) is 144. The minimum Gasteiger partial charge on any atom is -0.870 e. The molecule has 11 heteroatoms. The maximum absolute atomic E-state index is 2.89. The van der Waals surface area contributed by atoms with E-state index in [-0.39, 0.29) is 73.1 Å². The molecule has 2 heterocycles. The molecule has 0 bridgehead atoms. The van der Waals surface area contributed by atoms with Crippen LogP contribution in [0, 0.1) is 0 Å². The molecule has 0 aliphatic heterocycles. The van der Waals surface area contributed by atoms with E-state index in [1.54, 1.807) is 0 Å². The van der Waals surface area contributed by atoms with Crippen molar-refractivity contribution >= 4 is 0 Å². The Morgan fingerprint density at radius 3 is 0.619 bits per heavy atom. The van der Waals surface area contributed by atoms with E-state index in [1.165, 1.54) is 0 Å². The van der Waals surface area contributed by atoms with Crippen LogP contribution in [0.1, 0.15) is 0 Å². The SMILES string of the molecule is O.O.O.O.O.[Cr].[Cr].[OH-].[OH-].c1cc[nH+]cc1.c1cc[nH+]cc1. The van der Waals surface area contributed by atoms with Crippen molar-refractivity contribution in [1.82, 2.24) is 0 Å². The summed E-state index contributed by atoms with van der Waals surface area (Å²) < 4.78 is 0. The number of aromatic nitrogens is 2. The van der Waals surface area contributed by atoms with E-state index in [9.17, 15) is 0 Å². The number of rotatable bonds is 0. The van der Waals surface area contributed by atoms with Crippen LogP contribution in [0.2, 0.25) is 0 Å². The van der Waals surface area contributed by atoms with Crippen molar-refractivity contribution in [1.29, 1.82) is 0 Å². The maximum Gasteiger partial charge on any atom is 0.166 e. The standard InChI is InChI=1S/2C5H5N.2Cr.7H2O/c2*1-2-4-6-5-3-1;;;;;;;;;/h2*1-5H;;;7*1H2. The molecule has 0 aromatic carbocycles. The van der Waals surface area contributed by atoms with Crippen LogP contribution in [-0.2, 0) is 34.7 Å². The average molecular weight is 388 g/mol. The fraction of sp³-hybridized carbons (Fsp3) is 0. The van der Waals surface area contributed by atoms with Gasteiger partial charge in [0.2, 0.25) is 0 Å². The fourth-order valence-electron chi connectivity index (χ4n) is 0.684. The monoisotopic (exact) mass is 388 g/mol. The zero-order chi connectivity index (χ0) is 8.49. The van der Waals surface area contributed by atoms with Crippen molar-refractivity contribution in [2.75, 3.05) is 0 Å². The molecular formula is C10H24Cr2N2O7. The van der Waals surface area contributed by atoms with E-state index < -0.39 is 0 Å². The molecule has 2 aromatic rings. The third-order valence-corrected chi connectivity index (χ3v) is 1.21. The minimum atomic E-state index is 0. The van der Waals surface area contributed by atoms with E-state index in [0.29, 0.717) is 0 Å². The van der Waals surface area contributed by atoms with Gasteiger partial charge >= 0.3 is 0 Å². The van der Waals surface area contributed by atoms with Gasteiger partial charge in [0.05, 0.1) is 0 Å². The maximum atomic E-state index is 2.89. The molecule has 0 saturated carbocycles. The Morgan fingerprint density at radius 2 is 0.571 bits per heavy atom. The largest absolute Gasteiger partial charge is 0.870 e. The fourth-order valence-corrected chi connectivity index (χ4v) is 0.684. The van der Waals surface area contributed by atoms with E-state index in [4.69, 9.17) is 0 Å². The molecule has 0 aliphatic rings. The molecule has 21 heavy (non-hydrogen) atoms. The molecule has 0 aliphatic carbocycles. The smallest absolute Gasteiger partial charge is 0.166 e. The molecule has 0 atom stereocenters. The van der Waals surface area contributed by atoms with Crippen LogP contribution in [0.15, 0.2) is 61.2 Å². The minimum absolute atomic E-state index is 0. The van der Waals surface area contributed by atoms with E-state index >= 15 is 0 Å². The summed E-state index contributed by atoms with van der Waals surface area (Å²) in [6, 6.07) is 11.7. The van der Waals surface area contributed by atoms with Gasteiger partial charge in [0.15, 0.2) is 24.8 Å². The summed E-state index contributed by atoms with van der Waals surface area (Å²) in [5.74, 6) is 0. The van der Waals surface area contributed by atoms with Crippen molar-refractivity contribution in [3.05, 3.63) is 61.2 Å². The predicted molar refractivity (Wildman–Crippen MR) is 67.9 cm³/mol. The second-order valence-corrected chi connectivity index (χ2v) is 2.15. The summed E-state index contributed by atoms with van der Waals surface area (Å²) in [6.07, 6.45) is 7.50. The molecule has 0 fully saturated rings. The average Bonchev–Trinajstić information content (AvgIpc) is 2.24. The summed E-state index contributed by atoms with van der Waals surface area (Å²) in [4.78, 5) is 5.78. The van der Waals surface area contributed by atoms with Crippen LogP contribution >= 0.6 is 0 Å². The Balaban J connectivity index is -0.0000000137. The molecule has 0 amide bonds. The molecule has 2 aromatic heterocycles. The van der Waals surface area contributed by atoms with Crippen molar-refractivity contribution in [3.8, 4) is 0 Å². The van der Waals surface area contributed by atoms with Gasteiger partial charge in [0.1, 0.15) is 0 Å². The molecule has 0 unspecified atom stereocenters. The number of hydrogen-bond donors (Lipinski definition) is 0. The first-order chi connectivity index (χ1) is 6.00. The first-order valence-electron chi connectivity index (χ1n) is 3.82. The summed E-state index contributed by atoms with van der Waals surface area (Å²) in [5.41, 5.74) is 0. The van der Waals surface area contributed by atoms with Crippen LogP contribution in [0.4, 0.5) is 0 Å². The van der Waals surface area contributed by atoms with Crippen LogP contribution < -0.4 is 9.97 Å². The van der Waals surface area contributed by atoms with Crippen molar-refractivity contribution in [2.24, 2.45) is 0 Å². The molecule has 0 radical (unpaired) electrons. The van der Waals surface area contributed by atoms with Gasteiger partial charge in [-0.2, -0.15) is 0 Å². The zero-order valence-electron chi connectivity index (χ0n) is 11.0. The van der Waals surface area contributed by atoms with Crippen LogP contribution in [0.25, 0.3) is 0 Å². The first kappa shape index (κ1) is 59.5. The summed E-state index contributed by atoms with van der Waals surface area (Å²) in [7, 11) is 0. The van der Waals surface area contributed by atoms with Gasteiger partial charge in [-0.1, -0.05) is 12.1 Å². The molecule has 2 rings (SSSR count). The van der Waals surface area contributed by atoms with Gasteiger partial charge < -0.3 is 38.3 Å². The van der Waals surface area contributed by atoms with Gasteiger partial charge in [0, 0.05) is 59.0 Å². The topological polar surface area (TPSA) is 246 Å². The Hall–Kier alpha value is -0.915. The number of nitrogens with one attached hydrogen (secondary N) is 2. The Morgan fingerprint density at radius 1 is 0.381 bits per heavy atom. The second kappa shape index (κ2) is 50.8. The molecule has 0 spiro atoms. The van der Waals surface area contributed by atoms with E-state index in [1.807, 2.05) is 61.2 Å². The van der Waals surface area contributed by atoms with Crippen LogP contribution in [-0.4, -0.2) is 38.3 Å². The van der Waals surface area contributed by atoms with Gasteiger partial charge in [0.25, 0.3) is 0 Å². The van der Waals surface area contributed by atoms with Crippen molar-refractivity contribution in [2.45, 2.75) is 0 Å². The van der Waals surface area contributed by atoms with Crippen LogP contribution in [0.5, 0.6) is 0 Å². The van der Waals surface area contributed by atoms with Gasteiger partial charge in [-0.3, -0.25) is 0 Å². The third-order valence-electron chi connectivity index (χ3n) is 1.21. The molecule has 9 nitrogen and oxygen atoms in total. The number of aromatic amines is 2.